The molecule has 3 rings (SSSR count). The first-order valence-corrected chi connectivity index (χ1v) is 6.55. The molecule has 0 fully saturated rings. The maximum atomic E-state index is 11.9. The Kier molecular flexibility index (Phi) is 2.95. The van der Waals surface area contributed by atoms with Crippen LogP contribution in [0.25, 0.3) is 11.0 Å². The molecule has 4 nitrogen and oxygen atoms in total. The first-order valence-electron chi connectivity index (χ1n) is 6.55. The summed E-state index contributed by atoms with van der Waals surface area (Å²) >= 11 is 0. The minimum absolute atomic E-state index is 0.0227. The summed E-state index contributed by atoms with van der Waals surface area (Å²) in [6, 6.07) is 15.7. The van der Waals surface area contributed by atoms with Crippen LogP contribution in [0.1, 0.15) is 17.2 Å². The van der Waals surface area contributed by atoms with Crippen LogP contribution in [0, 0.1) is 0 Å². The van der Waals surface area contributed by atoms with Crippen LogP contribution in [0.2, 0.25) is 0 Å². The van der Waals surface area contributed by atoms with E-state index in [0.717, 1.165) is 22.2 Å². The van der Waals surface area contributed by atoms with Crippen LogP contribution in [0.4, 0.5) is 0 Å². The number of benzene rings is 2. The fourth-order valence-electron chi connectivity index (χ4n) is 2.57. The summed E-state index contributed by atoms with van der Waals surface area (Å²) in [5, 5.41) is 0. The molecule has 102 valence electrons. The van der Waals surface area contributed by atoms with E-state index in [9.17, 15) is 4.79 Å². The molecule has 0 spiro atoms. The zero-order valence-corrected chi connectivity index (χ0v) is 11.6. The average Bonchev–Trinajstić information content (AvgIpc) is 2.72. The normalized spacial score (nSPS) is 12.8. The van der Waals surface area contributed by atoms with Gasteiger partial charge < -0.3 is 5.73 Å². The molecular formula is C16H17N3O. The van der Waals surface area contributed by atoms with Gasteiger partial charge in [-0.05, 0) is 23.3 Å². The molecule has 2 N–H and O–H groups in total. The van der Waals surface area contributed by atoms with Crippen LogP contribution in [0.3, 0.4) is 0 Å². The third kappa shape index (κ3) is 1.85. The van der Waals surface area contributed by atoms with Gasteiger partial charge in [0.25, 0.3) is 0 Å². The smallest absolute Gasteiger partial charge is 0.320 e. The van der Waals surface area contributed by atoms with Gasteiger partial charge in [-0.3, -0.25) is 9.13 Å². The van der Waals surface area contributed by atoms with Crippen molar-refractivity contribution in [2.24, 2.45) is 19.8 Å². The molecule has 4 heteroatoms. The van der Waals surface area contributed by atoms with Crippen LogP contribution in [-0.4, -0.2) is 9.13 Å². The summed E-state index contributed by atoms with van der Waals surface area (Å²) in [6.07, 6.45) is 0. The SMILES string of the molecule is Cn1c(=O)n(C)c2cc(C(N)c3ccccc3)ccc21. The lowest BCUT2D eigenvalue weighted by Gasteiger charge is -2.12. The quantitative estimate of drug-likeness (QED) is 0.771. The number of rotatable bonds is 2. The second-order valence-electron chi connectivity index (χ2n) is 5.04. The number of imidazole rings is 1. The van der Waals surface area contributed by atoms with Gasteiger partial charge in [-0.1, -0.05) is 36.4 Å². The van der Waals surface area contributed by atoms with Gasteiger partial charge in [0.15, 0.2) is 0 Å². The number of nitrogens with two attached hydrogens (primary N) is 1. The summed E-state index contributed by atoms with van der Waals surface area (Å²) < 4.78 is 3.30. The third-order valence-electron chi connectivity index (χ3n) is 3.81. The van der Waals surface area contributed by atoms with Crippen molar-refractivity contribution in [1.29, 1.82) is 0 Å². The molecule has 0 saturated carbocycles. The van der Waals surface area contributed by atoms with E-state index in [2.05, 4.69) is 0 Å². The molecule has 1 aromatic heterocycles. The van der Waals surface area contributed by atoms with Gasteiger partial charge in [-0.25, -0.2) is 4.79 Å². The lowest BCUT2D eigenvalue weighted by atomic mass is 9.99. The molecule has 20 heavy (non-hydrogen) atoms. The predicted molar refractivity (Wildman–Crippen MR) is 80.6 cm³/mol. The van der Waals surface area contributed by atoms with Crippen LogP contribution >= 0.6 is 0 Å². The fourth-order valence-corrected chi connectivity index (χ4v) is 2.57. The van der Waals surface area contributed by atoms with Gasteiger partial charge in [0, 0.05) is 14.1 Å². The minimum atomic E-state index is -0.184. The van der Waals surface area contributed by atoms with Gasteiger partial charge in [0.1, 0.15) is 0 Å². The molecule has 0 aliphatic heterocycles. The van der Waals surface area contributed by atoms with Crippen molar-refractivity contribution in [2.75, 3.05) is 0 Å². The molecule has 0 aliphatic rings. The number of hydrogen-bond acceptors (Lipinski definition) is 2. The molecule has 0 bridgehead atoms. The number of aromatic nitrogens is 2. The van der Waals surface area contributed by atoms with Crippen LogP contribution in [0.5, 0.6) is 0 Å². The maximum absolute atomic E-state index is 11.9. The third-order valence-corrected chi connectivity index (χ3v) is 3.81. The number of nitrogens with zero attached hydrogens (tertiary/aromatic N) is 2. The van der Waals surface area contributed by atoms with E-state index in [-0.39, 0.29) is 11.7 Å². The number of aryl methyl sites for hydroxylation is 2. The van der Waals surface area contributed by atoms with Gasteiger partial charge in [-0.2, -0.15) is 0 Å². The van der Waals surface area contributed by atoms with Crippen molar-refractivity contribution < 1.29 is 0 Å². The Morgan fingerprint density at radius 3 is 2.25 bits per heavy atom. The second-order valence-corrected chi connectivity index (χ2v) is 5.04. The summed E-state index contributed by atoms with van der Waals surface area (Å²) in [6.45, 7) is 0. The van der Waals surface area contributed by atoms with E-state index in [0.29, 0.717) is 0 Å². The highest BCUT2D eigenvalue weighted by atomic mass is 16.1. The van der Waals surface area contributed by atoms with Crippen LogP contribution in [0.15, 0.2) is 53.3 Å². The van der Waals surface area contributed by atoms with Crippen molar-refractivity contribution in [3.8, 4) is 0 Å². The van der Waals surface area contributed by atoms with Crippen molar-refractivity contribution in [1.82, 2.24) is 9.13 Å². The Balaban J connectivity index is 2.14. The second kappa shape index (κ2) is 4.65. The molecule has 1 heterocycles. The van der Waals surface area contributed by atoms with Gasteiger partial charge in [-0.15, -0.1) is 0 Å². The van der Waals surface area contributed by atoms with E-state index in [1.165, 1.54) is 0 Å². The average molecular weight is 267 g/mol. The molecule has 0 amide bonds. The topological polar surface area (TPSA) is 53.0 Å². The first kappa shape index (κ1) is 12.7. The van der Waals surface area contributed by atoms with Gasteiger partial charge in [0.2, 0.25) is 0 Å². The van der Waals surface area contributed by atoms with E-state index in [1.54, 1.807) is 23.2 Å². The van der Waals surface area contributed by atoms with Crippen molar-refractivity contribution in [3.63, 3.8) is 0 Å². The van der Waals surface area contributed by atoms with Crippen molar-refractivity contribution in [3.05, 3.63) is 70.1 Å². The Labute approximate surface area is 117 Å². The Bertz CT molecular complexity index is 815. The molecule has 1 unspecified atom stereocenters. The first-order chi connectivity index (χ1) is 9.59. The monoisotopic (exact) mass is 267 g/mol. The molecule has 1 atom stereocenters. The lowest BCUT2D eigenvalue weighted by molar-refractivity contribution is 0.795. The zero-order chi connectivity index (χ0) is 14.3. The van der Waals surface area contributed by atoms with E-state index in [1.807, 2.05) is 48.5 Å². The van der Waals surface area contributed by atoms with Crippen LogP contribution < -0.4 is 11.4 Å². The van der Waals surface area contributed by atoms with Gasteiger partial charge in [0.05, 0.1) is 17.1 Å². The van der Waals surface area contributed by atoms with Crippen LogP contribution in [-0.2, 0) is 14.1 Å². The minimum Gasteiger partial charge on any atom is -0.320 e. The number of hydrogen-bond donors (Lipinski definition) is 1. The molecule has 0 radical (unpaired) electrons. The van der Waals surface area contributed by atoms with Crippen molar-refractivity contribution in [2.45, 2.75) is 6.04 Å². The molecule has 0 saturated heterocycles. The molecule has 3 aromatic rings. The zero-order valence-electron chi connectivity index (χ0n) is 11.6. The molecular weight excluding hydrogens is 250 g/mol. The van der Waals surface area contributed by atoms with E-state index < -0.39 is 0 Å². The van der Waals surface area contributed by atoms with Crippen molar-refractivity contribution >= 4 is 11.0 Å². The summed E-state index contributed by atoms with van der Waals surface area (Å²) in [5.74, 6) is 0. The lowest BCUT2D eigenvalue weighted by Crippen LogP contribution is -2.19. The largest absolute Gasteiger partial charge is 0.328 e. The molecule has 2 aromatic carbocycles. The Hall–Kier alpha value is -2.33. The Morgan fingerprint density at radius 2 is 1.55 bits per heavy atom. The molecule has 0 aliphatic carbocycles. The standard InChI is InChI=1S/C16H17N3O/c1-18-13-9-8-12(10-14(13)19(2)16(18)20)15(17)11-6-4-3-5-7-11/h3-10,15H,17H2,1-2H3. The Morgan fingerprint density at radius 1 is 0.900 bits per heavy atom. The highest BCUT2D eigenvalue weighted by Crippen LogP contribution is 2.22. The summed E-state index contributed by atoms with van der Waals surface area (Å²) in [4.78, 5) is 11.9. The highest BCUT2D eigenvalue weighted by Gasteiger charge is 2.12. The summed E-state index contributed by atoms with van der Waals surface area (Å²) in [5.41, 5.74) is 10.2. The van der Waals surface area contributed by atoms with Gasteiger partial charge >= 0.3 is 5.69 Å². The predicted octanol–water partition coefficient (Wildman–Crippen LogP) is 1.93. The summed E-state index contributed by atoms with van der Waals surface area (Å²) in [7, 11) is 3.56. The fraction of sp³-hybridized carbons (Fsp3) is 0.188. The highest BCUT2D eigenvalue weighted by molar-refractivity contribution is 5.77. The van der Waals surface area contributed by atoms with E-state index in [4.69, 9.17) is 5.73 Å². The van der Waals surface area contributed by atoms with E-state index >= 15 is 0 Å². The maximum Gasteiger partial charge on any atom is 0.328 e. The number of fused-ring (bicyclic) bond motifs is 1.